The summed E-state index contributed by atoms with van der Waals surface area (Å²) in [6, 6.07) is -1.16. The fraction of sp³-hybridized carbons (Fsp3) is 0.833. The molecule has 0 aromatic heterocycles. The Kier molecular flexibility index (Phi) is 10.5. The van der Waals surface area contributed by atoms with Crippen LogP contribution in [-0.2, 0) is 9.59 Å². The number of nitrogens with zero attached hydrogens (tertiary/aromatic N) is 1. The van der Waals surface area contributed by atoms with E-state index in [-0.39, 0.29) is 6.42 Å². The van der Waals surface area contributed by atoms with Crippen LogP contribution in [0, 0.1) is 0 Å². The highest BCUT2D eigenvalue weighted by molar-refractivity contribution is 5.83. The fourth-order valence-corrected chi connectivity index (χ4v) is 1.65. The van der Waals surface area contributed by atoms with Crippen molar-refractivity contribution in [3.63, 3.8) is 0 Å². The first-order valence-electron chi connectivity index (χ1n) is 6.40. The number of amides is 1. The van der Waals surface area contributed by atoms with Gasteiger partial charge >= 0.3 is 5.97 Å². The quantitative estimate of drug-likeness (QED) is 0.568. The normalized spacial score (nSPS) is 12.3. The summed E-state index contributed by atoms with van der Waals surface area (Å²) >= 11 is 0. The minimum atomic E-state index is -1.21. The molecule has 0 fully saturated rings. The minimum Gasteiger partial charge on any atom is -0.480 e. The summed E-state index contributed by atoms with van der Waals surface area (Å²) in [6.07, 6.45) is -0.310. The first-order chi connectivity index (χ1) is 8.28. The maximum absolute atomic E-state index is 9.99. The van der Waals surface area contributed by atoms with Gasteiger partial charge in [0.1, 0.15) is 6.04 Å². The van der Waals surface area contributed by atoms with Crippen LogP contribution < -0.4 is 11.5 Å². The van der Waals surface area contributed by atoms with E-state index in [0.717, 1.165) is 0 Å². The van der Waals surface area contributed by atoms with Crippen LogP contribution in [0.25, 0.3) is 0 Å². The lowest BCUT2D eigenvalue weighted by Gasteiger charge is -2.34. The number of carbonyl (C=O) groups is 2. The zero-order chi connectivity index (χ0) is 14.8. The van der Waals surface area contributed by atoms with Crippen molar-refractivity contribution in [1.82, 2.24) is 0 Å². The number of hydrogen-bond acceptors (Lipinski definition) is 3. The Morgan fingerprint density at radius 1 is 1.06 bits per heavy atom. The molecular weight excluding hydrogens is 234 g/mol. The van der Waals surface area contributed by atoms with Crippen LogP contribution in [0.5, 0.6) is 0 Å². The molecule has 0 bridgehead atoms. The van der Waals surface area contributed by atoms with Crippen molar-refractivity contribution in [2.75, 3.05) is 26.2 Å². The lowest BCUT2D eigenvalue weighted by atomic mass is 10.2. The Bertz CT molecular complexity index is 235. The lowest BCUT2D eigenvalue weighted by molar-refractivity contribution is -0.921. The van der Waals surface area contributed by atoms with Crippen molar-refractivity contribution < 1.29 is 19.2 Å². The van der Waals surface area contributed by atoms with Crippen molar-refractivity contribution in [2.24, 2.45) is 11.5 Å². The summed E-state index contributed by atoms with van der Waals surface area (Å²) in [7, 11) is 0. The van der Waals surface area contributed by atoms with Gasteiger partial charge in [-0.3, -0.25) is 9.59 Å². The molecule has 0 aromatic rings. The number of carboxylic acid groups (broad SMARTS) is 1. The van der Waals surface area contributed by atoms with Gasteiger partial charge < -0.3 is 21.1 Å². The van der Waals surface area contributed by atoms with Crippen LogP contribution in [0.15, 0.2) is 0 Å². The Hall–Kier alpha value is -1.14. The van der Waals surface area contributed by atoms with Crippen molar-refractivity contribution in [1.29, 1.82) is 0 Å². The molecule has 18 heavy (non-hydrogen) atoms. The van der Waals surface area contributed by atoms with Crippen LogP contribution in [-0.4, -0.2) is 53.7 Å². The van der Waals surface area contributed by atoms with Gasteiger partial charge in [-0.15, -0.1) is 0 Å². The third-order valence-corrected chi connectivity index (χ3v) is 3.42. The molecule has 0 radical (unpaired) electrons. The molecule has 6 nitrogen and oxygen atoms in total. The lowest BCUT2D eigenvalue weighted by Crippen LogP contribution is -2.47. The van der Waals surface area contributed by atoms with E-state index in [9.17, 15) is 9.59 Å². The van der Waals surface area contributed by atoms with Crippen LogP contribution in [0.2, 0.25) is 0 Å². The van der Waals surface area contributed by atoms with Gasteiger partial charge in [-0.1, -0.05) is 0 Å². The SMILES string of the molecule is CC[N+](CC)(CC)CC.NC(=O)C[C@H](N)C(=O)O. The van der Waals surface area contributed by atoms with E-state index in [2.05, 4.69) is 33.4 Å². The molecule has 6 heteroatoms. The van der Waals surface area contributed by atoms with E-state index in [1.165, 1.54) is 30.7 Å². The molecule has 0 aliphatic rings. The van der Waals surface area contributed by atoms with E-state index < -0.39 is 17.9 Å². The molecular formula is C12H28N3O3+. The second-order valence-corrected chi connectivity index (χ2v) is 4.22. The molecule has 0 spiro atoms. The molecule has 1 amide bonds. The predicted octanol–water partition coefficient (Wildman–Crippen LogP) is 0.157. The first kappa shape index (κ1) is 19.2. The van der Waals surface area contributed by atoms with Crippen LogP contribution >= 0.6 is 0 Å². The topological polar surface area (TPSA) is 106 Å². The standard InChI is InChI=1S/C8H20N.C4H8N2O3/c1-5-9(6-2,7-3)8-4;5-2(4(8)9)1-3(6)7/h5-8H2,1-4H3;2H,1,5H2,(H2,6,7)(H,8,9)/q+1;/t;2-/m.0/s1. The van der Waals surface area contributed by atoms with Gasteiger partial charge in [0.05, 0.1) is 32.6 Å². The van der Waals surface area contributed by atoms with Gasteiger partial charge in [-0.05, 0) is 27.7 Å². The zero-order valence-electron chi connectivity index (χ0n) is 12.0. The van der Waals surface area contributed by atoms with Crippen molar-refractivity contribution in [2.45, 2.75) is 40.2 Å². The van der Waals surface area contributed by atoms with Gasteiger partial charge in [0.15, 0.2) is 0 Å². The molecule has 5 N–H and O–H groups in total. The number of hydrogen-bond donors (Lipinski definition) is 3. The van der Waals surface area contributed by atoms with E-state index in [1.54, 1.807) is 0 Å². The third-order valence-electron chi connectivity index (χ3n) is 3.42. The summed E-state index contributed by atoms with van der Waals surface area (Å²) in [5.74, 6) is -1.92. The van der Waals surface area contributed by atoms with Gasteiger partial charge in [0, 0.05) is 0 Å². The number of nitrogens with two attached hydrogens (primary N) is 2. The van der Waals surface area contributed by atoms with Crippen molar-refractivity contribution in [3.8, 4) is 0 Å². The average Bonchev–Trinajstić information content (AvgIpc) is 2.32. The summed E-state index contributed by atoms with van der Waals surface area (Å²) in [6.45, 7) is 14.2. The van der Waals surface area contributed by atoms with Crippen molar-refractivity contribution >= 4 is 11.9 Å². The number of quaternary nitrogens is 1. The largest absolute Gasteiger partial charge is 0.480 e. The van der Waals surface area contributed by atoms with Gasteiger partial charge in [0.2, 0.25) is 5.91 Å². The molecule has 0 aromatic carbocycles. The molecule has 0 aliphatic carbocycles. The molecule has 0 rings (SSSR count). The second kappa shape index (κ2) is 9.85. The monoisotopic (exact) mass is 262 g/mol. The minimum absolute atomic E-state index is 0.310. The summed E-state index contributed by atoms with van der Waals surface area (Å²) < 4.78 is 1.28. The Morgan fingerprint density at radius 3 is 1.44 bits per heavy atom. The summed E-state index contributed by atoms with van der Waals surface area (Å²) in [5.41, 5.74) is 9.57. The molecule has 1 atom stereocenters. The van der Waals surface area contributed by atoms with E-state index in [4.69, 9.17) is 10.8 Å². The van der Waals surface area contributed by atoms with E-state index in [0.29, 0.717) is 0 Å². The summed E-state index contributed by atoms with van der Waals surface area (Å²) in [4.78, 5) is 19.9. The van der Waals surface area contributed by atoms with Crippen LogP contribution in [0.3, 0.4) is 0 Å². The smallest absolute Gasteiger partial charge is 0.321 e. The second-order valence-electron chi connectivity index (χ2n) is 4.22. The molecule has 0 heterocycles. The number of carbonyl (C=O) groups excluding carboxylic acids is 1. The number of primary amides is 1. The van der Waals surface area contributed by atoms with Crippen molar-refractivity contribution in [3.05, 3.63) is 0 Å². The predicted molar refractivity (Wildman–Crippen MR) is 71.8 cm³/mol. The van der Waals surface area contributed by atoms with Crippen LogP contribution in [0.1, 0.15) is 34.1 Å². The number of carboxylic acids is 1. The molecule has 0 saturated heterocycles. The fourth-order valence-electron chi connectivity index (χ4n) is 1.65. The average molecular weight is 262 g/mol. The maximum Gasteiger partial charge on any atom is 0.321 e. The molecule has 0 saturated carbocycles. The number of rotatable bonds is 7. The Morgan fingerprint density at radius 2 is 1.39 bits per heavy atom. The van der Waals surface area contributed by atoms with Gasteiger partial charge in [-0.25, -0.2) is 0 Å². The van der Waals surface area contributed by atoms with E-state index in [1.807, 2.05) is 0 Å². The van der Waals surface area contributed by atoms with Gasteiger partial charge in [0.25, 0.3) is 0 Å². The molecule has 0 unspecified atom stereocenters. The summed E-state index contributed by atoms with van der Waals surface area (Å²) in [5, 5.41) is 8.10. The maximum atomic E-state index is 9.99. The highest BCUT2D eigenvalue weighted by atomic mass is 16.4. The van der Waals surface area contributed by atoms with Gasteiger partial charge in [-0.2, -0.15) is 0 Å². The Labute approximate surface area is 110 Å². The first-order valence-corrected chi connectivity index (χ1v) is 6.40. The molecule has 0 aliphatic heterocycles. The van der Waals surface area contributed by atoms with Crippen LogP contribution in [0.4, 0.5) is 0 Å². The van der Waals surface area contributed by atoms with E-state index >= 15 is 0 Å². The highest BCUT2D eigenvalue weighted by Crippen LogP contribution is 2.03. The molecule has 108 valence electrons. The highest BCUT2D eigenvalue weighted by Gasteiger charge is 2.16. The number of aliphatic carboxylic acids is 1. The third kappa shape index (κ3) is 8.03. The zero-order valence-corrected chi connectivity index (χ0v) is 12.0. The Balaban J connectivity index is 0.